The molecule has 0 radical (unpaired) electrons. The highest BCUT2D eigenvalue weighted by molar-refractivity contribution is 7.47. The lowest BCUT2D eigenvalue weighted by atomic mass is 10.0. The number of unbranched alkanes of at least 4 members (excludes halogenated alkanes) is 30. The van der Waals surface area contributed by atoms with Crippen LogP contribution < -0.4 is 0 Å². The highest BCUT2D eigenvalue weighted by atomic mass is 31.2. The summed E-state index contributed by atoms with van der Waals surface area (Å²) in [6.45, 7) is 4.64. The summed E-state index contributed by atoms with van der Waals surface area (Å²) in [5, 5.41) is 10.6. The molecule has 17 nitrogen and oxygen atoms in total. The number of hydrogen-bond acceptors (Lipinski definition) is 15. The summed E-state index contributed by atoms with van der Waals surface area (Å²) in [7, 11) is -9.96. The summed E-state index contributed by atoms with van der Waals surface area (Å²) in [4.78, 5) is 72.8. The van der Waals surface area contributed by atoms with E-state index in [1.165, 1.54) is 83.5 Å². The number of aliphatic hydroxyl groups excluding tert-OH is 1. The van der Waals surface area contributed by atoms with Gasteiger partial charge in [0.05, 0.1) is 26.4 Å². The van der Waals surface area contributed by atoms with Gasteiger partial charge >= 0.3 is 39.5 Å². The monoisotopic (exact) mass is 1420 g/mol. The Morgan fingerprint density at radius 3 is 0.898 bits per heavy atom. The lowest BCUT2D eigenvalue weighted by Gasteiger charge is -2.21. The molecular formula is C79H138O17P2. The minimum atomic E-state index is -4.98. The van der Waals surface area contributed by atoms with E-state index in [-0.39, 0.29) is 25.7 Å². The van der Waals surface area contributed by atoms with Crippen molar-refractivity contribution in [1.29, 1.82) is 0 Å². The summed E-state index contributed by atoms with van der Waals surface area (Å²) in [6, 6.07) is 0. The van der Waals surface area contributed by atoms with E-state index in [4.69, 9.17) is 37.0 Å². The van der Waals surface area contributed by atoms with Crippen molar-refractivity contribution in [2.75, 3.05) is 39.6 Å². The lowest BCUT2D eigenvalue weighted by molar-refractivity contribution is -0.161. The second kappa shape index (κ2) is 71.4. The van der Waals surface area contributed by atoms with Gasteiger partial charge in [-0.3, -0.25) is 37.3 Å². The molecule has 98 heavy (non-hydrogen) atoms. The largest absolute Gasteiger partial charge is 0.472 e. The zero-order valence-corrected chi connectivity index (χ0v) is 63.5. The van der Waals surface area contributed by atoms with Crippen LogP contribution in [0.15, 0.2) is 97.2 Å². The van der Waals surface area contributed by atoms with Crippen LogP contribution in [0, 0.1) is 0 Å². The Bertz CT molecular complexity index is 2240. The third kappa shape index (κ3) is 70.4. The molecule has 0 heterocycles. The second-order valence-electron chi connectivity index (χ2n) is 25.6. The molecule has 0 rings (SSSR count). The maximum atomic E-state index is 13.1. The van der Waals surface area contributed by atoms with Gasteiger partial charge in [-0.05, 0) is 122 Å². The fourth-order valence-electron chi connectivity index (χ4n) is 10.1. The first-order valence-electron chi connectivity index (χ1n) is 38.5. The van der Waals surface area contributed by atoms with Crippen LogP contribution in [-0.4, -0.2) is 96.7 Å². The van der Waals surface area contributed by atoms with Gasteiger partial charge in [0.1, 0.15) is 19.3 Å². The molecule has 0 aliphatic carbocycles. The average Bonchev–Trinajstić information content (AvgIpc) is 1.94. The molecule has 5 unspecified atom stereocenters. The molecule has 0 spiro atoms. The smallest absolute Gasteiger partial charge is 0.462 e. The normalized spacial score (nSPS) is 14.5. The van der Waals surface area contributed by atoms with Crippen molar-refractivity contribution >= 4 is 39.5 Å². The third-order valence-corrected chi connectivity index (χ3v) is 17.9. The van der Waals surface area contributed by atoms with Crippen molar-refractivity contribution in [2.24, 2.45) is 0 Å². The van der Waals surface area contributed by atoms with E-state index in [1.807, 2.05) is 0 Å². The number of phosphoric ester groups is 2. The Morgan fingerprint density at radius 1 is 0.296 bits per heavy atom. The van der Waals surface area contributed by atoms with Crippen LogP contribution >= 0.6 is 15.6 Å². The first-order valence-corrected chi connectivity index (χ1v) is 41.5. The van der Waals surface area contributed by atoms with Gasteiger partial charge < -0.3 is 33.8 Å². The van der Waals surface area contributed by atoms with E-state index in [2.05, 4.69) is 125 Å². The summed E-state index contributed by atoms with van der Waals surface area (Å²) in [6.07, 6.45) is 74.0. The number of phosphoric acid groups is 2. The minimum absolute atomic E-state index is 0.0753. The second-order valence-corrected chi connectivity index (χ2v) is 28.5. The molecule has 0 fully saturated rings. The van der Waals surface area contributed by atoms with Crippen LogP contribution in [0.4, 0.5) is 0 Å². The first-order chi connectivity index (χ1) is 47.7. The highest BCUT2D eigenvalue weighted by Crippen LogP contribution is 2.45. The summed E-state index contributed by atoms with van der Waals surface area (Å²) >= 11 is 0. The SMILES string of the molecule is CC/C=C\C/C=C\C/C=C\C/C=C\CCCCC(=O)OCC(COP(=O)(O)OCC(O)COP(=O)(O)OCC(COC(=O)CCCCCCCC/C=C\C/C=C\C/C=C\CCCCC)OC(=O)CCCCCCCCCCCCCCC)OC(=O)CCCCCCC/C=C\CCCC. The molecule has 0 aliphatic heterocycles. The number of ether oxygens (including phenoxy) is 4. The zero-order chi connectivity index (χ0) is 71.8. The van der Waals surface area contributed by atoms with Gasteiger partial charge in [0.25, 0.3) is 0 Å². The number of carbonyl (C=O) groups excluding carboxylic acids is 4. The molecule has 566 valence electrons. The Hall–Kier alpha value is -4.02. The molecule has 0 aromatic rings. The number of esters is 4. The average molecular weight is 1420 g/mol. The van der Waals surface area contributed by atoms with Crippen LogP contribution in [-0.2, 0) is 65.4 Å². The predicted molar refractivity (Wildman–Crippen MR) is 399 cm³/mol. The van der Waals surface area contributed by atoms with E-state index < -0.39 is 97.5 Å². The number of carbonyl (C=O) groups is 4. The number of aliphatic hydroxyl groups is 1. The number of rotatable bonds is 72. The summed E-state index contributed by atoms with van der Waals surface area (Å²) in [5.74, 6) is -2.23. The van der Waals surface area contributed by atoms with E-state index in [9.17, 15) is 43.2 Å². The fraction of sp³-hybridized carbons (Fsp3) is 0.747. The van der Waals surface area contributed by atoms with E-state index in [0.717, 1.165) is 161 Å². The zero-order valence-electron chi connectivity index (χ0n) is 61.7. The molecule has 0 aromatic carbocycles. The van der Waals surface area contributed by atoms with Crippen LogP contribution in [0.25, 0.3) is 0 Å². The van der Waals surface area contributed by atoms with Gasteiger partial charge in [-0.1, -0.05) is 273 Å². The molecule has 0 aromatic heterocycles. The molecule has 0 aliphatic rings. The van der Waals surface area contributed by atoms with Crippen LogP contribution in [0.2, 0.25) is 0 Å². The lowest BCUT2D eigenvalue weighted by Crippen LogP contribution is -2.30. The standard InChI is InChI=1S/C79H138O17P2/c1-5-9-13-17-21-25-29-32-34-35-36-37-39-42-45-48-52-56-60-64-77(82)90-70-75(96-79(84)66-62-58-54-50-46-40-31-27-23-19-15-11-7-3)72-94-98(87,88)92-68-73(80)67-91-97(85,86)93-71-74(95-78(83)65-61-57-53-49-43-28-24-20-16-12-8-4)69-89-76(81)63-59-55-51-47-44-41-38-33-30-26-22-18-14-10-6-2/h10,14,20-22,24-26,32-34,36-38,44,47,73-75,80H,5-9,11-13,15-19,23,27-31,35,39-43,45-46,48-72H2,1-4H3,(H,85,86)(H,87,88)/b14-10-,24-20-,25-21-,26-22-,34-32-,37-36-,38-33-,47-44-. The third-order valence-electron chi connectivity index (χ3n) is 16.0. The van der Waals surface area contributed by atoms with Gasteiger partial charge in [-0.25, -0.2) is 9.13 Å². The topological polar surface area (TPSA) is 237 Å². The molecule has 0 saturated carbocycles. The van der Waals surface area contributed by atoms with Crippen molar-refractivity contribution in [3.63, 3.8) is 0 Å². The maximum absolute atomic E-state index is 13.1. The minimum Gasteiger partial charge on any atom is -0.462 e. The Kier molecular flexibility index (Phi) is 68.4. The maximum Gasteiger partial charge on any atom is 0.472 e. The molecule has 5 atom stereocenters. The van der Waals surface area contributed by atoms with Gasteiger partial charge in [0.2, 0.25) is 0 Å². The van der Waals surface area contributed by atoms with Gasteiger partial charge in [-0.2, -0.15) is 0 Å². The Labute approximate surface area is 595 Å². The summed E-state index contributed by atoms with van der Waals surface area (Å²) in [5.41, 5.74) is 0. The van der Waals surface area contributed by atoms with Gasteiger partial charge in [0.15, 0.2) is 12.2 Å². The van der Waals surface area contributed by atoms with E-state index >= 15 is 0 Å². The van der Waals surface area contributed by atoms with Crippen molar-refractivity contribution in [1.82, 2.24) is 0 Å². The van der Waals surface area contributed by atoms with Crippen molar-refractivity contribution in [2.45, 2.75) is 341 Å². The Balaban J connectivity index is 5.33. The predicted octanol–water partition coefficient (Wildman–Crippen LogP) is 22.0. The van der Waals surface area contributed by atoms with Crippen LogP contribution in [0.5, 0.6) is 0 Å². The van der Waals surface area contributed by atoms with Crippen LogP contribution in [0.3, 0.4) is 0 Å². The van der Waals surface area contributed by atoms with Crippen molar-refractivity contribution in [3.8, 4) is 0 Å². The molecule has 3 N–H and O–H groups in total. The fourth-order valence-corrected chi connectivity index (χ4v) is 11.7. The van der Waals surface area contributed by atoms with Gasteiger partial charge in [0, 0.05) is 25.7 Å². The number of hydrogen-bond donors (Lipinski definition) is 3. The first kappa shape index (κ1) is 94.0. The van der Waals surface area contributed by atoms with Crippen LogP contribution in [0.1, 0.15) is 323 Å². The van der Waals surface area contributed by atoms with E-state index in [0.29, 0.717) is 25.7 Å². The molecule has 0 saturated heterocycles. The van der Waals surface area contributed by atoms with Crippen molar-refractivity contribution in [3.05, 3.63) is 97.2 Å². The quantitative estimate of drug-likeness (QED) is 0.0169. The Morgan fingerprint density at radius 2 is 0.541 bits per heavy atom. The van der Waals surface area contributed by atoms with E-state index in [1.54, 1.807) is 0 Å². The molecular weight excluding hydrogens is 1280 g/mol. The highest BCUT2D eigenvalue weighted by Gasteiger charge is 2.30. The molecule has 0 bridgehead atoms. The number of allylic oxidation sites excluding steroid dienone is 16. The molecule has 19 heteroatoms. The summed E-state index contributed by atoms with van der Waals surface area (Å²) < 4.78 is 68.4. The van der Waals surface area contributed by atoms with Crippen molar-refractivity contribution < 1.29 is 80.2 Å². The van der Waals surface area contributed by atoms with Gasteiger partial charge in [-0.15, -0.1) is 0 Å². The molecule has 0 amide bonds.